The summed E-state index contributed by atoms with van der Waals surface area (Å²) in [7, 11) is 0. The Morgan fingerprint density at radius 3 is 2.62 bits per heavy atom. The van der Waals surface area contributed by atoms with E-state index in [1.54, 1.807) is 12.3 Å². The van der Waals surface area contributed by atoms with Crippen LogP contribution >= 0.6 is 0 Å². The van der Waals surface area contributed by atoms with Crippen LogP contribution in [-0.4, -0.2) is 23.1 Å². The maximum Gasteiger partial charge on any atom is 0.416 e. The number of aromatic amines is 1. The number of aromatic nitrogens is 2. The molecule has 1 aromatic carbocycles. The van der Waals surface area contributed by atoms with Gasteiger partial charge in [0, 0.05) is 17.7 Å². The maximum atomic E-state index is 12.7. The van der Waals surface area contributed by atoms with Gasteiger partial charge in [-0.1, -0.05) is 12.1 Å². The lowest BCUT2D eigenvalue weighted by Gasteiger charge is -2.20. The molecule has 21 heavy (non-hydrogen) atoms. The van der Waals surface area contributed by atoms with Crippen LogP contribution in [0.3, 0.4) is 0 Å². The van der Waals surface area contributed by atoms with Gasteiger partial charge in [-0.2, -0.15) is 13.2 Å². The molecule has 112 valence electrons. The number of hydrogen-bond donors (Lipinski definition) is 2. The normalized spacial score (nSPS) is 17.1. The van der Waals surface area contributed by atoms with Crippen molar-refractivity contribution in [3.05, 3.63) is 41.9 Å². The minimum atomic E-state index is -4.33. The van der Waals surface area contributed by atoms with E-state index in [9.17, 15) is 13.2 Å². The van der Waals surface area contributed by atoms with E-state index < -0.39 is 11.7 Å². The summed E-state index contributed by atoms with van der Waals surface area (Å²) in [6.45, 7) is 1.90. The Labute approximate surface area is 120 Å². The lowest BCUT2D eigenvalue weighted by molar-refractivity contribution is -0.137. The minimum Gasteiger partial charge on any atom is -0.348 e. The van der Waals surface area contributed by atoms with Crippen LogP contribution in [0.25, 0.3) is 11.3 Å². The predicted molar refractivity (Wildman–Crippen MR) is 73.9 cm³/mol. The third-order valence-corrected chi connectivity index (χ3v) is 3.81. The van der Waals surface area contributed by atoms with Crippen LogP contribution in [0.5, 0.6) is 0 Å². The molecule has 0 aliphatic carbocycles. The van der Waals surface area contributed by atoms with E-state index in [1.165, 1.54) is 6.07 Å². The highest BCUT2D eigenvalue weighted by Crippen LogP contribution is 2.32. The standard InChI is InChI=1S/C15H16F3N3/c16-15(17,18)12-3-1-2-11(8-12)13-9-20-14(21-13)10-4-6-19-7-5-10/h1-3,8-10,19H,4-7H2,(H,20,21). The Kier molecular flexibility index (Phi) is 3.71. The molecule has 2 aromatic rings. The van der Waals surface area contributed by atoms with Crippen molar-refractivity contribution in [2.24, 2.45) is 0 Å². The van der Waals surface area contributed by atoms with Crippen LogP contribution in [0.15, 0.2) is 30.5 Å². The summed E-state index contributed by atoms with van der Waals surface area (Å²) in [5.41, 5.74) is 0.405. The predicted octanol–water partition coefficient (Wildman–Crippen LogP) is 3.56. The first-order valence-corrected chi connectivity index (χ1v) is 6.98. The number of rotatable bonds is 2. The monoisotopic (exact) mass is 295 g/mol. The molecule has 1 fully saturated rings. The Hall–Kier alpha value is -1.82. The first kappa shape index (κ1) is 14.1. The van der Waals surface area contributed by atoms with Crippen molar-refractivity contribution < 1.29 is 13.2 Å². The lowest BCUT2D eigenvalue weighted by atomic mass is 9.98. The quantitative estimate of drug-likeness (QED) is 0.889. The van der Waals surface area contributed by atoms with Gasteiger partial charge in [0.25, 0.3) is 0 Å². The van der Waals surface area contributed by atoms with Gasteiger partial charge in [-0.15, -0.1) is 0 Å². The Morgan fingerprint density at radius 2 is 1.90 bits per heavy atom. The van der Waals surface area contributed by atoms with Gasteiger partial charge in [-0.25, -0.2) is 4.98 Å². The third-order valence-electron chi connectivity index (χ3n) is 3.81. The zero-order chi connectivity index (χ0) is 14.9. The van der Waals surface area contributed by atoms with Gasteiger partial charge in [0.15, 0.2) is 0 Å². The average Bonchev–Trinajstić information content (AvgIpc) is 2.97. The Bertz CT molecular complexity index is 613. The summed E-state index contributed by atoms with van der Waals surface area (Å²) in [6, 6.07) is 5.28. The molecule has 0 spiro atoms. The SMILES string of the molecule is FC(F)(F)c1cccc(-c2c[nH]c(C3CCNCC3)n2)c1. The number of nitrogens with one attached hydrogen (secondary N) is 2. The second kappa shape index (κ2) is 5.52. The maximum absolute atomic E-state index is 12.7. The molecule has 0 bridgehead atoms. The van der Waals surface area contributed by atoms with E-state index >= 15 is 0 Å². The van der Waals surface area contributed by atoms with Gasteiger partial charge in [0.05, 0.1) is 11.3 Å². The van der Waals surface area contributed by atoms with Gasteiger partial charge < -0.3 is 10.3 Å². The molecular formula is C15H16F3N3. The van der Waals surface area contributed by atoms with Crippen LogP contribution in [0.1, 0.15) is 30.1 Å². The van der Waals surface area contributed by atoms with Crippen LogP contribution in [0.2, 0.25) is 0 Å². The number of piperidine rings is 1. The molecule has 0 amide bonds. The van der Waals surface area contributed by atoms with E-state index in [1.807, 2.05) is 0 Å². The summed E-state index contributed by atoms with van der Waals surface area (Å²) >= 11 is 0. The van der Waals surface area contributed by atoms with Crippen molar-refractivity contribution in [1.29, 1.82) is 0 Å². The van der Waals surface area contributed by atoms with E-state index in [4.69, 9.17) is 0 Å². The number of halogens is 3. The smallest absolute Gasteiger partial charge is 0.348 e. The fourth-order valence-corrected chi connectivity index (χ4v) is 2.64. The summed E-state index contributed by atoms with van der Waals surface area (Å²) in [5.74, 6) is 1.22. The molecule has 3 nitrogen and oxygen atoms in total. The lowest BCUT2D eigenvalue weighted by Crippen LogP contribution is -2.27. The van der Waals surface area contributed by atoms with Crippen molar-refractivity contribution in [1.82, 2.24) is 15.3 Å². The molecule has 0 radical (unpaired) electrons. The highest BCUT2D eigenvalue weighted by atomic mass is 19.4. The van der Waals surface area contributed by atoms with E-state index in [0.717, 1.165) is 43.9 Å². The Balaban J connectivity index is 1.86. The first-order chi connectivity index (χ1) is 10.0. The first-order valence-electron chi connectivity index (χ1n) is 6.98. The van der Waals surface area contributed by atoms with Crippen molar-refractivity contribution >= 4 is 0 Å². The van der Waals surface area contributed by atoms with E-state index in [-0.39, 0.29) is 0 Å². The molecule has 1 aliphatic rings. The zero-order valence-corrected chi connectivity index (χ0v) is 11.4. The molecular weight excluding hydrogens is 279 g/mol. The Morgan fingerprint density at radius 1 is 1.14 bits per heavy atom. The number of imidazole rings is 1. The fourth-order valence-electron chi connectivity index (χ4n) is 2.64. The topological polar surface area (TPSA) is 40.7 Å². The summed E-state index contributed by atoms with van der Waals surface area (Å²) in [6.07, 6.45) is -0.651. The molecule has 2 N–H and O–H groups in total. The van der Waals surface area contributed by atoms with E-state index in [2.05, 4.69) is 15.3 Å². The van der Waals surface area contributed by atoms with E-state index in [0.29, 0.717) is 17.2 Å². The number of alkyl halides is 3. The summed E-state index contributed by atoms with van der Waals surface area (Å²) < 4.78 is 38.2. The van der Waals surface area contributed by atoms with Gasteiger partial charge >= 0.3 is 6.18 Å². The van der Waals surface area contributed by atoms with Crippen LogP contribution < -0.4 is 5.32 Å². The molecule has 1 aromatic heterocycles. The second-order valence-corrected chi connectivity index (χ2v) is 5.27. The van der Waals surface area contributed by atoms with Gasteiger partial charge in [-0.05, 0) is 38.1 Å². The molecule has 0 unspecified atom stereocenters. The minimum absolute atomic E-state index is 0.353. The van der Waals surface area contributed by atoms with Crippen LogP contribution in [0, 0.1) is 0 Å². The molecule has 6 heteroatoms. The number of hydrogen-bond acceptors (Lipinski definition) is 2. The van der Waals surface area contributed by atoms with Crippen molar-refractivity contribution in [2.75, 3.05) is 13.1 Å². The molecule has 2 heterocycles. The second-order valence-electron chi connectivity index (χ2n) is 5.27. The largest absolute Gasteiger partial charge is 0.416 e. The van der Waals surface area contributed by atoms with Crippen molar-refractivity contribution in [3.63, 3.8) is 0 Å². The zero-order valence-electron chi connectivity index (χ0n) is 11.4. The highest BCUT2D eigenvalue weighted by Gasteiger charge is 2.30. The average molecular weight is 295 g/mol. The van der Waals surface area contributed by atoms with Gasteiger partial charge in [-0.3, -0.25) is 0 Å². The molecule has 0 atom stereocenters. The fraction of sp³-hybridized carbons (Fsp3) is 0.400. The molecule has 1 saturated heterocycles. The van der Waals surface area contributed by atoms with Crippen LogP contribution in [-0.2, 0) is 6.18 Å². The van der Waals surface area contributed by atoms with Crippen molar-refractivity contribution in [2.45, 2.75) is 24.9 Å². The summed E-state index contributed by atoms with van der Waals surface area (Å²) in [5, 5.41) is 3.28. The molecule has 3 rings (SSSR count). The third kappa shape index (κ3) is 3.10. The van der Waals surface area contributed by atoms with Gasteiger partial charge in [0.1, 0.15) is 5.82 Å². The molecule has 1 aliphatic heterocycles. The number of nitrogens with zero attached hydrogens (tertiary/aromatic N) is 1. The molecule has 0 saturated carbocycles. The number of H-pyrrole nitrogens is 1. The van der Waals surface area contributed by atoms with Gasteiger partial charge in [0.2, 0.25) is 0 Å². The van der Waals surface area contributed by atoms with Crippen LogP contribution in [0.4, 0.5) is 13.2 Å². The van der Waals surface area contributed by atoms with Crippen molar-refractivity contribution in [3.8, 4) is 11.3 Å². The highest BCUT2D eigenvalue weighted by molar-refractivity contribution is 5.59. The number of benzene rings is 1. The summed E-state index contributed by atoms with van der Waals surface area (Å²) in [4.78, 5) is 7.59.